The molecule has 1 aromatic carbocycles. The lowest BCUT2D eigenvalue weighted by Crippen LogP contribution is -2.07. The largest absolute Gasteiger partial charge is 0.490 e. The van der Waals surface area contributed by atoms with Gasteiger partial charge in [-0.25, -0.2) is 0 Å². The van der Waals surface area contributed by atoms with Crippen molar-refractivity contribution < 1.29 is 4.74 Å². The summed E-state index contributed by atoms with van der Waals surface area (Å²) in [5, 5.41) is 0. The Hall–Kier alpha value is -2.03. The maximum atomic E-state index is 11.3. The van der Waals surface area contributed by atoms with Crippen molar-refractivity contribution in [3.8, 4) is 16.9 Å². The summed E-state index contributed by atoms with van der Waals surface area (Å²) < 4.78 is 5.77. The molecule has 1 N–H and O–H groups in total. The van der Waals surface area contributed by atoms with Crippen molar-refractivity contribution in [1.29, 1.82) is 0 Å². The molecule has 0 saturated heterocycles. The van der Waals surface area contributed by atoms with Gasteiger partial charge in [-0.3, -0.25) is 4.79 Å². The van der Waals surface area contributed by atoms with Gasteiger partial charge in [-0.1, -0.05) is 12.1 Å². The molecule has 18 heavy (non-hydrogen) atoms. The average molecular weight is 241 g/mol. The van der Waals surface area contributed by atoms with E-state index in [0.29, 0.717) is 6.10 Å². The minimum atomic E-state index is -0.0378. The van der Waals surface area contributed by atoms with Gasteiger partial charge in [0, 0.05) is 11.8 Å². The predicted molar refractivity (Wildman–Crippen MR) is 70.9 cm³/mol. The highest BCUT2D eigenvalue weighted by Gasteiger charge is 2.23. The molecule has 1 aliphatic carbocycles. The molecule has 3 rings (SSSR count). The summed E-state index contributed by atoms with van der Waals surface area (Å²) in [5.41, 5.74) is 2.76. The second-order valence-electron chi connectivity index (χ2n) is 4.75. The van der Waals surface area contributed by atoms with Crippen LogP contribution in [0.5, 0.6) is 5.75 Å². The van der Waals surface area contributed by atoms with Gasteiger partial charge in [0.05, 0.1) is 6.10 Å². The number of pyridine rings is 1. The summed E-state index contributed by atoms with van der Waals surface area (Å²) in [6.07, 6.45) is 4.45. The Kier molecular flexibility index (Phi) is 2.67. The number of H-pyrrole nitrogens is 1. The molecular weight excluding hydrogens is 226 g/mol. The molecule has 0 atom stereocenters. The van der Waals surface area contributed by atoms with Crippen LogP contribution in [-0.2, 0) is 0 Å². The molecule has 0 amide bonds. The topological polar surface area (TPSA) is 42.1 Å². The van der Waals surface area contributed by atoms with Crippen molar-refractivity contribution in [2.24, 2.45) is 0 Å². The van der Waals surface area contributed by atoms with Gasteiger partial charge in [0.1, 0.15) is 5.75 Å². The molecule has 0 unspecified atom stereocenters. The molecule has 2 aromatic rings. The minimum absolute atomic E-state index is 0.0378. The maximum Gasteiger partial charge on any atom is 0.250 e. The standard InChI is InChI=1S/C15H15NO2/c1-10-7-12(9-16-15(10)17)11-3-2-4-14(8-11)18-13-5-6-13/h2-4,7-9,13H,5-6H2,1H3,(H,16,17). The van der Waals surface area contributed by atoms with Gasteiger partial charge < -0.3 is 9.72 Å². The first kappa shape index (κ1) is 11.1. The van der Waals surface area contributed by atoms with Crippen LogP contribution in [0.25, 0.3) is 11.1 Å². The molecule has 0 spiro atoms. The molecule has 3 heteroatoms. The molecule has 1 aromatic heterocycles. The Morgan fingerprint density at radius 3 is 2.78 bits per heavy atom. The van der Waals surface area contributed by atoms with Gasteiger partial charge in [-0.05, 0) is 49.1 Å². The maximum absolute atomic E-state index is 11.3. The van der Waals surface area contributed by atoms with Gasteiger partial charge in [-0.2, -0.15) is 0 Å². The lowest BCUT2D eigenvalue weighted by atomic mass is 10.1. The minimum Gasteiger partial charge on any atom is -0.490 e. The fourth-order valence-electron chi connectivity index (χ4n) is 1.89. The molecule has 0 aliphatic heterocycles. The molecule has 1 heterocycles. The number of hydrogen-bond donors (Lipinski definition) is 1. The van der Waals surface area contributed by atoms with E-state index in [-0.39, 0.29) is 5.56 Å². The van der Waals surface area contributed by atoms with Gasteiger partial charge in [0.15, 0.2) is 0 Å². The van der Waals surface area contributed by atoms with E-state index >= 15 is 0 Å². The number of aryl methyl sites for hydroxylation is 1. The Morgan fingerprint density at radius 2 is 2.06 bits per heavy atom. The quantitative estimate of drug-likeness (QED) is 0.897. The van der Waals surface area contributed by atoms with Crippen molar-refractivity contribution >= 4 is 0 Å². The van der Waals surface area contributed by atoms with Crippen LogP contribution in [0.1, 0.15) is 18.4 Å². The van der Waals surface area contributed by atoms with Crippen LogP contribution in [0.4, 0.5) is 0 Å². The van der Waals surface area contributed by atoms with E-state index in [1.54, 1.807) is 6.20 Å². The zero-order valence-corrected chi connectivity index (χ0v) is 10.3. The van der Waals surface area contributed by atoms with Crippen LogP contribution in [0.2, 0.25) is 0 Å². The van der Waals surface area contributed by atoms with E-state index in [9.17, 15) is 4.79 Å². The molecule has 1 aliphatic rings. The van der Waals surface area contributed by atoms with Crippen LogP contribution in [0, 0.1) is 6.92 Å². The van der Waals surface area contributed by atoms with E-state index in [1.807, 2.05) is 37.3 Å². The molecule has 92 valence electrons. The monoisotopic (exact) mass is 241 g/mol. The Morgan fingerprint density at radius 1 is 1.22 bits per heavy atom. The fourth-order valence-corrected chi connectivity index (χ4v) is 1.89. The summed E-state index contributed by atoms with van der Waals surface area (Å²) >= 11 is 0. The number of aromatic amines is 1. The third-order valence-electron chi connectivity index (χ3n) is 3.08. The SMILES string of the molecule is Cc1cc(-c2cccc(OC3CC3)c2)c[nH]c1=O. The highest BCUT2D eigenvalue weighted by Crippen LogP contribution is 2.29. The van der Waals surface area contributed by atoms with Crippen molar-refractivity contribution in [3.05, 3.63) is 52.4 Å². The van der Waals surface area contributed by atoms with Gasteiger partial charge in [0.25, 0.3) is 5.56 Å². The van der Waals surface area contributed by atoms with Gasteiger partial charge in [0.2, 0.25) is 0 Å². The fraction of sp³-hybridized carbons (Fsp3) is 0.267. The Balaban J connectivity index is 1.94. The number of benzene rings is 1. The summed E-state index contributed by atoms with van der Waals surface area (Å²) in [4.78, 5) is 14.1. The van der Waals surface area contributed by atoms with E-state index < -0.39 is 0 Å². The highest BCUT2D eigenvalue weighted by molar-refractivity contribution is 5.64. The zero-order chi connectivity index (χ0) is 12.5. The number of rotatable bonds is 3. The summed E-state index contributed by atoms with van der Waals surface area (Å²) in [6, 6.07) is 9.89. The summed E-state index contributed by atoms with van der Waals surface area (Å²) in [6.45, 7) is 1.81. The molecule has 0 radical (unpaired) electrons. The third kappa shape index (κ3) is 2.30. The summed E-state index contributed by atoms with van der Waals surface area (Å²) in [7, 11) is 0. The lowest BCUT2D eigenvalue weighted by Gasteiger charge is -2.07. The van der Waals surface area contributed by atoms with Crippen molar-refractivity contribution in [1.82, 2.24) is 4.98 Å². The number of hydrogen-bond acceptors (Lipinski definition) is 2. The molecule has 1 saturated carbocycles. The second kappa shape index (κ2) is 4.33. The lowest BCUT2D eigenvalue weighted by molar-refractivity contribution is 0.303. The Bertz CT molecular complexity index is 626. The first-order valence-corrected chi connectivity index (χ1v) is 6.19. The normalized spacial score (nSPS) is 14.5. The molecule has 3 nitrogen and oxygen atoms in total. The van der Waals surface area contributed by atoms with Crippen LogP contribution < -0.4 is 10.3 Å². The predicted octanol–water partition coefficient (Wildman–Crippen LogP) is 2.89. The van der Waals surface area contributed by atoms with Crippen molar-refractivity contribution in [2.75, 3.05) is 0 Å². The molecule has 0 bridgehead atoms. The highest BCUT2D eigenvalue weighted by atomic mass is 16.5. The van der Waals surface area contributed by atoms with Crippen molar-refractivity contribution in [2.45, 2.75) is 25.9 Å². The third-order valence-corrected chi connectivity index (χ3v) is 3.08. The van der Waals surface area contributed by atoms with Crippen LogP contribution in [0.3, 0.4) is 0 Å². The van der Waals surface area contributed by atoms with Gasteiger partial charge >= 0.3 is 0 Å². The van der Waals surface area contributed by atoms with E-state index in [0.717, 1.165) is 35.3 Å². The van der Waals surface area contributed by atoms with Crippen LogP contribution in [0.15, 0.2) is 41.3 Å². The van der Waals surface area contributed by atoms with Crippen LogP contribution in [-0.4, -0.2) is 11.1 Å². The summed E-state index contributed by atoms with van der Waals surface area (Å²) in [5.74, 6) is 0.902. The number of nitrogens with one attached hydrogen (secondary N) is 1. The number of aromatic nitrogens is 1. The van der Waals surface area contributed by atoms with E-state index in [1.165, 1.54) is 0 Å². The van der Waals surface area contributed by atoms with E-state index in [4.69, 9.17) is 4.74 Å². The first-order chi connectivity index (χ1) is 8.72. The first-order valence-electron chi connectivity index (χ1n) is 6.19. The van der Waals surface area contributed by atoms with E-state index in [2.05, 4.69) is 4.98 Å². The average Bonchev–Trinajstić information content (AvgIpc) is 3.17. The van der Waals surface area contributed by atoms with Gasteiger partial charge in [-0.15, -0.1) is 0 Å². The van der Waals surface area contributed by atoms with Crippen molar-refractivity contribution in [3.63, 3.8) is 0 Å². The van der Waals surface area contributed by atoms with Crippen LogP contribution >= 0.6 is 0 Å². The number of ether oxygens (including phenoxy) is 1. The smallest absolute Gasteiger partial charge is 0.250 e. The Labute approximate surface area is 105 Å². The second-order valence-corrected chi connectivity index (χ2v) is 4.75. The zero-order valence-electron chi connectivity index (χ0n) is 10.3. The molecule has 1 fully saturated rings. The molecular formula is C15H15NO2.